The summed E-state index contributed by atoms with van der Waals surface area (Å²) in [6.45, 7) is 0. The van der Waals surface area contributed by atoms with E-state index >= 15 is 0 Å². The summed E-state index contributed by atoms with van der Waals surface area (Å²) < 4.78 is 13.9. The highest BCUT2D eigenvalue weighted by molar-refractivity contribution is 6.24. The van der Waals surface area contributed by atoms with E-state index < -0.39 is 18.1 Å². The summed E-state index contributed by atoms with van der Waals surface area (Å²) in [4.78, 5) is 48.3. The third-order valence-electron chi connectivity index (χ3n) is 9.06. The summed E-state index contributed by atoms with van der Waals surface area (Å²) >= 11 is 0. The maximum Gasteiger partial charge on any atom is 0.332 e. The van der Waals surface area contributed by atoms with E-state index in [4.69, 9.17) is 0 Å². The van der Waals surface area contributed by atoms with Gasteiger partial charge < -0.3 is 10.3 Å². The maximum atomic E-state index is 14.3. The van der Waals surface area contributed by atoms with E-state index in [1.165, 1.54) is 36.3 Å². The van der Waals surface area contributed by atoms with E-state index in [2.05, 4.69) is 10.3 Å². The quantitative estimate of drug-likeness (QED) is 0.273. The number of rotatable bonds is 4. The number of fused-ring (bicyclic) bond motifs is 4. The van der Waals surface area contributed by atoms with Crippen LogP contribution in [0.1, 0.15) is 78.2 Å². The number of amides is 4. The second-order valence-corrected chi connectivity index (χ2v) is 11.6. The van der Waals surface area contributed by atoms with Crippen molar-refractivity contribution in [2.75, 3.05) is 4.90 Å². The van der Waals surface area contributed by atoms with Crippen molar-refractivity contribution in [2.24, 2.45) is 0 Å². The number of aromatic amines is 1. The van der Waals surface area contributed by atoms with Crippen LogP contribution in [0.5, 0.6) is 0 Å². The highest BCUT2D eigenvalue weighted by Crippen LogP contribution is 2.45. The topological polar surface area (TPSA) is 85.5 Å². The molecule has 1 saturated heterocycles. The predicted octanol–water partition coefficient (Wildman–Crippen LogP) is 6.63. The van der Waals surface area contributed by atoms with Gasteiger partial charge in [0.15, 0.2) is 0 Å². The monoisotopic (exact) mass is 564 g/mol. The van der Waals surface area contributed by atoms with Gasteiger partial charge in [-0.25, -0.2) is 14.1 Å². The number of imide groups is 1. The largest absolute Gasteiger partial charge is 0.356 e. The Morgan fingerprint density at radius 1 is 0.857 bits per heavy atom. The second kappa shape index (κ2) is 10.7. The van der Waals surface area contributed by atoms with Gasteiger partial charge in [0.25, 0.3) is 11.8 Å². The van der Waals surface area contributed by atoms with Gasteiger partial charge >= 0.3 is 6.03 Å². The molecule has 1 saturated carbocycles. The first-order valence-corrected chi connectivity index (χ1v) is 14.9. The number of urea groups is 1. The lowest BCUT2D eigenvalue weighted by Gasteiger charge is -2.36. The van der Waals surface area contributed by atoms with Crippen molar-refractivity contribution in [1.82, 2.24) is 15.2 Å². The fourth-order valence-electron chi connectivity index (χ4n) is 7.01. The van der Waals surface area contributed by atoms with Crippen molar-refractivity contribution in [3.8, 4) is 0 Å². The fraction of sp³-hybridized carbons (Fsp3) is 0.324. The molecule has 1 aromatic heterocycles. The van der Waals surface area contributed by atoms with E-state index in [1.807, 2.05) is 24.3 Å². The summed E-state index contributed by atoms with van der Waals surface area (Å²) in [7, 11) is 0. The average Bonchev–Trinajstić information content (AvgIpc) is 3.48. The number of hydrogen-bond acceptors (Lipinski definition) is 3. The SMILES string of the molecule is O=C(NC1CCCCCCC1)c1ccccc1N1C(=O)[C@@H]2Cc3c([nH]c4ccccc34)[C@@H](c3ccc(F)cc3)N2C1=O. The van der Waals surface area contributed by atoms with Crippen LogP contribution in [-0.2, 0) is 11.2 Å². The molecule has 214 valence electrons. The van der Waals surface area contributed by atoms with E-state index in [1.54, 1.807) is 41.3 Å². The number of halogens is 1. The highest BCUT2D eigenvalue weighted by atomic mass is 19.1. The van der Waals surface area contributed by atoms with Gasteiger partial charge in [0.1, 0.15) is 17.9 Å². The van der Waals surface area contributed by atoms with E-state index in [0.717, 1.165) is 47.8 Å². The first kappa shape index (κ1) is 26.4. The van der Waals surface area contributed by atoms with Crippen molar-refractivity contribution in [3.63, 3.8) is 0 Å². The number of carbonyl (C=O) groups excluding carboxylic acids is 3. The highest BCUT2D eigenvalue weighted by Gasteiger charge is 2.53. The second-order valence-electron chi connectivity index (χ2n) is 11.6. The van der Waals surface area contributed by atoms with Crippen LogP contribution < -0.4 is 10.2 Å². The van der Waals surface area contributed by atoms with Crippen molar-refractivity contribution < 1.29 is 18.8 Å². The minimum absolute atomic E-state index is 0.0725. The lowest BCUT2D eigenvalue weighted by atomic mass is 9.89. The van der Waals surface area contributed by atoms with Gasteiger partial charge in [0, 0.05) is 29.1 Å². The van der Waals surface area contributed by atoms with Crippen LogP contribution in [0.3, 0.4) is 0 Å². The van der Waals surface area contributed by atoms with Gasteiger partial charge in [-0.05, 0) is 54.3 Å². The van der Waals surface area contributed by atoms with Gasteiger partial charge in [-0.15, -0.1) is 0 Å². The maximum absolute atomic E-state index is 14.3. The smallest absolute Gasteiger partial charge is 0.332 e. The predicted molar refractivity (Wildman–Crippen MR) is 159 cm³/mol. The Kier molecular flexibility index (Phi) is 6.76. The van der Waals surface area contributed by atoms with Crippen molar-refractivity contribution in [1.29, 1.82) is 0 Å². The Balaban J connectivity index is 1.27. The summed E-state index contributed by atoms with van der Waals surface area (Å²) in [6, 6.07) is 19.0. The number of benzene rings is 3. The number of nitrogens with one attached hydrogen (secondary N) is 2. The molecule has 3 heterocycles. The van der Waals surface area contributed by atoms with Gasteiger partial charge in [-0.2, -0.15) is 0 Å². The summed E-state index contributed by atoms with van der Waals surface area (Å²) in [5.74, 6) is -1.01. The minimum Gasteiger partial charge on any atom is -0.356 e. The molecule has 42 heavy (non-hydrogen) atoms. The van der Waals surface area contributed by atoms with E-state index in [0.29, 0.717) is 17.5 Å². The number of carbonyl (C=O) groups is 3. The molecule has 3 aliphatic rings. The van der Waals surface area contributed by atoms with Crippen LogP contribution in [0.25, 0.3) is 10.9 Å². The molecule has 1 aliphatic carbocycles. The summed E-state index contributed by atoms with van der Waals surface area (Å²) in [5, 5.41) is 4.18. The molecule has 8 heteroatoms. The molecule has 0 spiro atoms. The minimum atomic E-state index is -0.763. The van der Waals surface area contributed by atoms with Crippen molar-refractivity contribution in [3.05, 3.63) is 101 Å². The molecule has 0 radical (unpaired) electrons. The molecule has 2 atom stereocenters. The molecule has 7 rings (SSSR count). The first-order chi connectivity index (χ1) is 20.5. The molecule has 4 amide bonds. The Morgan fingerprint density at radius 3 is 2.33 bits per heavy atom. The molecule has 3 aromatic carbocycles. The number of hydrogen-bond donors (Lipinski definition) is 2. The molecule has 7 nitrogen and oxygen atoms in total. The lowest BCUT2D eigenvalue weighted by molar-refractivity contribution is -0.120. The Bertz CT molecular complexity index is 1670. The lowest BCUT2D eigenvalue weighted by Crippen LogP contribution is -2.44. The van der Waals surface area contributed by atoms with Crippen LogP contribution in [-0.4, -0.2) is 39.8 Å². The van der Waals surface area contributed by atoms with Crippen LogP contribution in [0.2, 0.25) is 0 Å². The molecule has 2 fully saturated rings. The standard InChI is InChI=1S/C34H33FN4O3/c35-22-18-16-21(17-19-22)31-30-26(24-12-6-8-14-27(24)37-30)20-29-33(41)39(34(42)38(29)31)28-15-9-7-13-25(28)32(40)36-23-10-4-2-1-3-5-11-23/h6-9,12-19,23,29,31,37H,1-5,10-11,20H2,(H,36,40)/t29-,31+/m0/s1. The molecule has 0 unspecified atom stereocenters. The van der Waals surface area contributed by atoms with Crippen LogP contribution in [0, 0.1) is 5.82 Å². The number of aromatic nitrogens is 1. The van der Waals surface area contributed by atoms with Crippen LogP contribution in [0.15, 0.2) is 72.8 Å². The zero-order chi connectivity index (χ0) is 28.8. The Labute approximate surface area is 243 Å². The fourth-order valence-corrected chi connectivity index (χ4v) is 7.01. The first-order valence-electron chi connectivity index (χ1n) is 14.9. The molecular weight excluding hydrogens is 531 g/mol. The zero-order valence-electron chi connectivity index (χ0n) is 23.3. The number of para-hydroxylation sites is 2. The van der Waals surface area contributed by atoms with E-state index in [9.17, 15) is 18.8 Å². The molecule has 0 bridgehead atoms. The Morgan fingerprint density at radius 2 is 1.55 bits per heavy atom. The number of H-pyrrole nitrogens is 1. The molecular formula is C34H33FN4O3. The average molecular weight is 565 g/mol. The molecule has 2 N–H and O–H groups in total. The third-order valence-corrected chi connectivity index (χ3v) is 9.06. The Hall–Kier alpha value is -4.46. The van der Waals surface area contributed by atoms with Gasteiger partial charge in [0.05, 0.1) is 11.3 Å². The van der Waals surface area contributed by atoms with Crippen molar-refractivity contribution >= 4 is 34.4 Å². The van der Waals surface area contributed by atoms with Gasteiger partial charge in [-0.3, -0.25) is 14.5 Å². The summed E-state index contributed by atoms with van der Waals surface area (Å²) in [5.41, 5.74) is 4.01. The zero-order valence-corrected chi connectivity index (χ0v) is 23.3. The van der Waals surface area contributed by atoms with Gasteiger partial charge in [0.2, 0.25) is 0 Å². The van der Waals surface area contributed by atoms with Crippen LogP contribution in [0.4, 0.5) is 14.9 Å². The third kappa shape index (κ3) is 4.46. The summed E-state index contributed by atoms with van der Waals surface area (Å²) in [6.07, 6.45) is 7.92. The number of nitrogens with zero attached hydrogens (tertiary/aromatic N) is 2. The van der Waals surface area contributed by atoms with Crippen LogP contribution >= 0.6 is 0 Å². The van der Waals surface area contributed by atoms with Gasteiger partial charge in [-0.1, -0.05) is 74.6 Å². The normalized spacial score (nSPS) is 21.2. The molecule has 4 aromatic rings. The number of anilines is 1. The molecule has 2 aliphatic heterocycles. The van der Waals surface area contributed by atoms with E-state index in [-0.39, 0.29) is 29.4 Å². The van der Waals surface area contributed by atoms with Crippen molar-refractivity contribution in [2.45, 2.75) is 69.5 Å².